The van der Waals surface area contributed by atoms with E-state index in [2.05, 4.69) is 13.8 Å². The van der Waals surface area contributed by atoms with Crippen LogP contribution in [-0.2, 0) is 4.74 Å². The van der Waals surface area contributed by atoms with Gasteiger partial charge in [-0.3, -0.25) is 4.74 Å². The molecule has 0 amide bonds. The van der Waals surface area contributed by atoms with Crippen molar-refractivity contribution in [1.29, 1.82) is 0 Å². The zero-order valence-corrected chi connectivity index (χ0v) is 16.6. The van der Waals surface area contributed by atoms with Gasteiger partial charge < -0.3 is 20.3 Å². The first-order valence-corrected chi connectivity index (χ1v) is 9.68. The van der Waals surface area contributed by atoms with Crippen LogP contribution in [0.25, 0.3) is 0 Å². The molecule has 3 unspecified atom stereocenters. The monoisotopic (exact) mass is 409 g/mol. The first-order valence-electron chi connectivity index (χ1n) is 8.92. The van der Waals surface area contributed by atoms with Gasteiger partial charge in [-0.15, -0.1) is 0 Å². The van der Waals surface area contributed by atoms with Gasteiger partial charge in [-0.25, -0.2) is 0 Å². The number of ether oxygens (including phenoxy) is 3. The summed E-state index contributed by atoms with van der Waals surface area (Å²) in [4.78, 5) is 0. The van der Waals surface area contributed by atoms with Crippen molar-refractivity contribution in [2.45, 2.75) is 44.9 Å². The van der Waals surface area contributed by atoms with E-state index in [1.54, 1.807) is 18.2 Å². The third-order valence-electron chi connectivity index (χ3n) is 4.85. The Bertz CT molecular complexity index is 887. The molecule has 144 valence electrons. The predicted molar refractivity (Wildman–Crippen MR) is 103 cm³/mol. The van der Waals surface area contributed by atoms with Gasteiger partial charge >= 0.3 is 0 Å². The minimum absolute atomic E-state index is 0.219. The minimum Gasteiger partial charge on any atom is -0.459 e. The molecule has 0 spiro atoms. The number of aliphatic hydroxyl groups is 1. The van der Waals surface area contributed by atoms with Crippen LogP contribution in [0.1, 0.15) is 67.1 Å². The highest BCUT2D eigenvalue weighted by molar-refractivity contribution is 6.31. The van der Waals surface area contributed by atoms with Crippen molar-refractivity contribution in [2.24, 2.45) is 5.73 Å². The van der Waals surface area contributed by atoms with E-state index in [1.807, 2.05) is 6.07 Å². The molecule has 27 heavy (non-hydrogen) atoms. The van der Waals surface area contributed by atoms with Crippen molar-refractivity contribution in [1.82, 2.24) is 0 Å². The second-order valence-corrected chi connectivity index (χ2v) is 7.98. The summed E-state index contributed by atoms with van der Waals surface area (Å²) < 4.78 is 18.3. The Balaban J connectivity index is 1.83. The van der Waals surface area contributed by atoms with Crippen molar-refractivity contribution in [3.05, 3.63) is 56.6 Å². The summed E-state index contributed by atoms with van der Waals surface area (Å²) >= 11 is 12.6. The Hall–Kier alpha value is -1.50. The minimum atomic E-state index is -0.786. The highest BCUT2D eigenvalue weighted by Gasteiger charge is 2.41. The highest BCUT2D eigenvalue weighted by Crippen LogP contribution is 2.52. The number of aliphatic hydroxyl groups excluding tert-OH is 1. The van der Waals surface area contributed by atoms with Crippen LogP contribution in [0.3, 0.4) is 0 Å². The molecule has 3 N–H and O–H groups in total. The first kappa shape index (κ1) is 18.8. The van der Waals surface area contributed by atoms with Gasteiger partial charge in [-0.1, -0.05) is 37.0 Å². The van der Waals surface area contributed by atoms with Crippen LogP contribution >= 0.6 is 23.2 Å². The van der Waals surface area contributed by atoms with Gasteiger partial charge in [0.05, 0.1) is 17.2 Å². The van der Waals surface area contributed by atoms with E-state index < -0.39 is 18.7 Å². The predicted octanol–water partition coefficient (Wildman–Crippen LogP) is 5.00. The van der Waals surface area contributed by atoms with Crippen LogP contribution < -0.4 is 15.2 Å². The van der Waals surface area contributed by atoms with Crippen molar-refractivity contribution >= 4 is 23.2 Å². The fourth-order valence-corrected chi connectivity index (χ4v) is 4.01. The fraction of sp³-hybridized carbons (Fsp3) is 0.400. The second-order valence-electron chi connectivity index (χ2n) is 7.11. The molecule has 0 aliphatic carbocycles. The maximum Gasteiger partial charge on any atom is 0.234 e. The average Bonchev–Trinajstić information content (AvgIpc) is 2.62. The maximum atomic E-state index is 10.5. The van der Waals surface area contributed by atoms with Crippen LogP contribution in [-0.4, -0.2) is 11.7 Å². The molecule has 2 aromatic carbocycles. The molecule has 2 aromatic rings. The quantitative estimate of drug-likeness (QED) is 0.742. The fourth-order valence-electron chi connectivity index (χ4n) is 3.54. The lowest BCUT2D eigenvalue weighted by molar-refractivity contribution is -0.228. The number of halogens is 2. The van der Waals surface area contributed by atoms with Gasteiger partial charge in [0.2, 0.25) is 12.6 Å². The maximum absolute atomic E-state index is 10.5. The van der Waals surface area contributed by atoms with Gasteiger partial charge in [0.15, 0.2) is 0 Å². The molecule has 0 aromatic heterocycles. The summed E-state index contributed by atoms with van der Waals surface area (Å²) in [6, 6.07) is 7.13. The Morgan fingerprint density at radius 2 is 1.48 bits per heavy atom. The molecular weight excluding hydrogens is 389 g/mol. The molecule has 4 rings (SSSR count). The standard InChI is InChI=1S/C20H21Cl2NO4/c1-9(2)12-5-10(21)7-14-17(12)25-20-15-8-11(22)6-13(16(24)3-4-23)18(15)26-19(14)27-20/h5-9,16,19-20,24H,3-4,23H2,1-2H3. The summed E-state index contributed by atoms with van der Waals surface area (Å²) in [7, 11) is 0. The molecule has 3 atom stereocenters. The smallest absolute Gasteiger partial charge is 0.234 e. The van der Waals surface area contributed by atoms with Crippen molar-refractivity contribution in [2.75, 3.05) is 6.54 Å². The topological polar surface area (TPSA) is 73.9 Å². The summed E-state index contributed by atoms with van der Waals surface area (Å²) in [6.07, 6.45) is -1.74. The van der Waals surface area contributed by atoms with Crippen LogP contribution in [0, 0.1) is 0 Å². The van der Waals surface area contributed by atoms with E-state index in [0.29, 0.717) is 39.9 Å². The Morgan fingerprint density at radius 3 is 2.00 bits per heavy atom. The third-order valence-corrected chi connectivity index (χ3v) is 5.28. The Kier molecular flexibility index (Phi) is 4.99. The number of rotatable bonds is 4. The normalized spacial score (nSPS) is 21.1. The number of hydrogen-bond donors (Lipinski definition) is 2. The third kappa shape index (κ3) is 3.28. The largest absolute Gasteiger partial charge is 0.459 e. The number of hydrogen-bond acceptors (Lipinski definition) is 5. The molecular formula is C20H21Cl2NO4. The van der Waals surface area contributed by atoms with Gasteiger partial charge in [0, 0.05) is 15.6 Å². The molecule has 2 heterocycles. The first-order chi connectivity index (χ1) is 12.9. The van der Waals surface area contributed by atoms with E-state index in [0.717, 1.165) is 16.9 Å². The lowest BCUT2D eigenvalue weighted by Gasteiger charge is -2.40. The summed E-state index contributed by atoms with van der Waals surface area (Å²) in [6.45, 7) is 4.50. The Morgan fingerprint density at radius 1 is 0.963 bits per heavy atom. The molecule has 0 radical (unpaired) electrons. The average molecular weight is 410 g/mol. The zero-order chi connectivity index (χ0) is 19.3. The van der Waals surface area contributed by atoms with Crippen molar-refractivity contribution in [3.8, 4) is 11.5 Å². The van der Waals surface area contributed by atoms with Gasteiger partial charge in [-0.2, -0.15) is 0 Å². The van der Waals surface area contributed by atoms with Gasteiger partial charge in [-0.05, 0) is 48.7 Å². The van der Waals surface area contributed by atoms with E-state index in [4.69, 9.17) is 43.1 Å². The van der Waals surface area contributed by atoms with E-state index in [9.17, 15) is 5.11 Å². The van der Waals surface area contributed by atoms with E-state index in [-0.39, 0.29) is 5.92 Å². The molecule has 2 aliphatic rings. The molecule has 5 nitrogen and oxygen atoms in total. The molecule has 0 fully saturated rings. The van der Waals surface area contributed by atoms with Gasteiger partial charge in [0.25, 0.3) is 0 Å². The lowest BCUT2D eigenvalue weighted by Crippen LogP contribution is -2.31. The second kappa shape index (κ2) is 7.15. The summed E-state index contributed by atoms with van der Waals surface area (Å²) in [5.41, 5.74) is 8.57. The van der Waals surface area contributed by atoms with Crippen LogP contribution in [0.2, 0.25) is 10.0 Å². The van der Waals surface area contributed by atoms with Crippen molar-refractivity contribution < 1.29 is 19.3 Å². The van der Waals surface area contributed by atoms with Gasteiger partial charge in [0.1, 0.15) is 11.5 Å². The van der Waals surface area contributed by atoms with Crippen molar-refractivity contribution in [3.63, 3.8) is 0 Å². The molecule has 2 aliphatic heterocycles. The molecule has 2 bridgehead atoms. The SMILES string of the molecule is CC(C)c1cc(Cl)cc2c1OC1OC2Oc2c(C(O)CCN)cc(Cl)cc21. The van der Waals surface area contributed by atoms with E-state index in [1.165, 1.54) is 0 Å². The number of benzene rings is 2. The summed E-state index contributed by atoms with van der Waals surface area (Å²) in [5.74, 6) is 1.47. The summed E-state index contributed by atoms with van der Waals surface area (Å²) in [5, 5.41) is 11.6. The van der Waals surface area contributed by atoms with E-state index >= 15 is 0 Å². The number of fused-ring (bicyclic) bond motifs is 6. The number of nitrogens with two attached hydrogens (primary N) is 1. The Labute approximate surface area is 167 Å². The lowest BCUT2D eigenvalue weighted by atomic mass is 9.96. The zero-order valence-electron chi connectivity index (χ0n) is 15.0. The highest BCUT2D eigenvalue weighted by atomic mass is 35.5. The molecule has 7 heteroatoms. The van der Waals surface area contributed by atoms with Crippen LogP contribution in [0.5, 0.6) is 11.5 Å². The van der Waals surface area contributed by atoms with Crippen LogP contribution in [0.15, 0.2) is 24.3 Å². The molecule has 0 saturated heterocycles. The van der Waals surface area contributed by atoms with Crippen LogP contribution in [0.4, 0.5) is 0 Å². The molecule has 0 saturated carbocycles.